The fourth-order valence-electron chi connectivity index (χ4n) is 3.84. The lowest BCUT2D eigenvalue weighted by Crippen LogP contribution is -2.29. The van der Waals surface area contributed by atoms with Crippen LogP contribution in [0.4, 0.5) is 29.3 Å². The molecular formula is C22H15F3N4O2. The molecule has 2 aliphatic rings. The predicted molar refractivity (Wildman–Crippen MR) is 108 cm³/mol. The van der Waals surface area contributed by atoms with Crippen molar-refractivity contribution in [3.05, 3.63) is 71.4 Å². The molecule has 0 aliphatic carbocycles. The molecule has 0 spiro atoms. The van der Waals surface area contributed by atoms with Crippen LogP contribution < -0.4 is 10.2 Å². The Balaban J connectivity index is 1.47. The van der Waals surface area contributed by atoms with Crippen LogP contribution in [0, 0.1) is 0 Å². The number of anilines is 1. The molecule has 1 aromatic heterocycles. The summed E-state index contributed by atoms with van der Waals surface area (Å²) in [6, 6.07) is 11.5. The largest absolute Gasteiger partial charge is 0.417 e. The molecule has 3 heterocycles. The van der Waals surface area contributed by atoms with Gasteiger partial charge in [0.05, 0.1) is 11.3 Å². The second-order valence-corrected chi connectivity index (χ2v) is 7.32. The third-order valence-corrected chi connectivity index (χ3v) is 5.39. The monoisotopic (exact) mass is 424 g/mol. The minimum atomic E-state index is -4.43. The number of alkyl halides is 3. The van der Waals surface area contributed by atoms with E-state index in [0.29, 0.717) is 22.5 Å². The highest BCUT2D eigenvalue weighted by molar-refractivity contribution is 6.14. The Morgan fingerprint density at radius 2 is 1.81 bits per heavy atom. The van der Waals surface area contributed by atoms with Crippen molar-refractivity contribution in [2.75, 3.05) is 4.90 Å². The minimum Gasteiger partial charge on any atom is -0.361 e. The molecule has 1 fully saturated rings. The Morgan fingerprint density at radius 3 is 2.52 bits per heavy atom. The first kappa shape index (κ1) is 19.1. The summed E-state index contributed by atoms with van der Waals surface area (Å²) in [4.78, 5) is 33.3. The van der Waals surface area contributed by atoms with Crippen molar-refractivity contribution in [1.29, 1.82) is 0 Å². The Hall–Kier alpha value is -3.88. The zero-order chi connectivity index (χ0) is 21.8. The number of benzene rings is 2. The lowest BCUT2D eigenvalue weighted by molar-refractivity contribution is -0.137. The van der Waals surface area contributed by atoms with Crippen molar-refractivity contribution >= 4 is 29.5 Å². The molecule has 5 rings (SSSR count). The van der Waals surface area contributed by atoms with Crippen LogP contribution in [0.3, 0.4) is 0 Å². The van der Waals surface area contributed by atoms with Crippen LogP contribution in [0.15, 0.2) is 59.7 Å². The highest BCUT2D eigenvalue weighted by Gasteiger charge is 2.40. The number of aromatic amines is 1. The molecule has 1 atom stereocenters. The molecule has 0 saturated carbocycles. The summed E-state index contributed by atoms with van der Waals surface area (Å²) in [5.74, 6) is -0.471. The van der Waals surface area contributed by atoms with Gasteiger partial charge in [-0.25, -0.2) is 4.79 Å². The number of urea groups is 1. The van der Waals surface area contributed by atoms with Gasteiger partial charge in [0, 0.05) is 30.2 Å². The molecule has 31 heavy (non-hydrogen) atoms. The van der Waals surface area contributed by atoms with E-state index in [1.165, 1.54) is 4.90 Å². The van der Waals surface area contributed by atoms with E-state index in [1.807, 2.05) is 6.07 Å². The molecule has 0 bridgehead atoms. The Kier molecular flexibility index (Phi) is 4.21. The number of aromatic nitrogens is 1. The number of aliphatic imine (C=N–C) groups is 1. The Morgan fingerprint density at radius 1 is 1.03 bits per heavy atom. The highest BCUT2D eigenvalue weighted by atomic mass is 19.4. The van der Waals surface area contributed by atoms with Crippen LogP contribution >= 0.6 is 0 Å². The number of rotatable bonds is 3. The van der Waals surface area contributed by atoms with Gasteiger partial charge in [-0.2, -0.15) is 13.2 Å². The lowest BCUT2D eigenvalue weighted by Gasteiger charge is -2.22. The van der Waals surface area contributed by atoms with E-state index in [4.69, 9.17) is 0 Å². The Bertz CT molecular complexity index is 1230. The van der Waals surface area contributed by atoms with Crippen LogP contribution in [0.5, 0.6) is 0 Å². The average molecular weight is 424 g/mol. The molecule has 0 radical (unpaired) electrons. The number of fused-ring (bicyclic) bond motifs is 1. The van der Waals surface area contributed by atoms with E-state index in [0.717, 1.165) is 29.9 Å². The molecule has 2 N–H and O–H groups in total. The summed E-state index contributed by atoms with van der Waals surface area (Å²) in [5, 5.41) is 2.33. The maximum Gasteiger partial charge on any atom is 0.417 e. The molecule has 3 aromatic rings. The first-order valence-electron chi connectivity index (χ1n) is 9.47. The second-order valence-electron chi connectivity index (χ2n) is 7.32. The van der Waals surface area contributed by atoms with Crippen LogP contribution in [-0.4, -0.2) is 23.1 Å². The number of imide groups is 1. The van der Waals surface area contributed by atoms with Gasteiger partial charge in [-0.3, -0.25) is 20.0 Å². The zero-order valence-electron chi connectivity index (χ0n) is 15.9. The van der Waals surface area contributed by atoms with Crippen LogP contribution in [-0.2, 0) is 17.4 Å². The van der Waals surface area contributed by atoms with Crippen molar-refractivity contribution in [2.45, 2.75) is 18.6 Å². The number of H-pyrrole nitrogens is 1. The van der Waals surface area contributed by atoms with Crippen molar-refractivity contribution in [3.63, 3.8) is 0 Å². The third-order valence-electron chi connectivity index (χ3n) is 5.39. The van der Waals surface area contributed by atoms with E-state index in [-0.39, 0.29) is 0 Å². The van der Waals surface area contributed by atoms with Crippen molar-refractivity contribution in [3.8, 4) is 11.3 Å². The molecule has 3 amide bonds. The molecule has 6 nitrogen and oxygen atoms in total. The van der Waals surface area contributed by atoms with Crippen molar-refractivity contribution in [1.82, 2.24) is 10.3 Å². The minimum absolute atomic E-state index is 0.305. The van der Waals surface area contributed by atoms with E-state index in [1.54, 1.807) is 42.6 Å². The normalized spacial score (nSPS) is 17.9. The number of hydrogen-bond donors (Lipinski definition) is 2. The number of halogens is 3. The van der Waals surface area contributed by atoms with Crippen molar-refractivity contribution in [2.24, 2.45) is 4.99 Å². The van der Waals surface area contributed by atoms with Crippen LogP contribution in [0.25, 0.3) is 11.3 Å². The first-order valence-corrected chi connectivity index (χ1v) is 9.47. The molecule has 2 aromatic carbocycles. The van der Waals surface area contributed by atoms with Crippen LogP contribution in [0.2, 0.25) is 0 Å². The van der Waals surface area contributed by atoms with Gasteiger partial charge in [-0.05, 0) is 34.9 Å². The van der Waals surface area contributed by atoms with Gasteiger partial charge in [-0.1, -0.05) is 30.3 Å². The molecule has 1 saturated heterocycles. The van der Waals surface area contributed by atoms with E-state index in [2.05, 4.69) is 15.3 Å². The maximum atomic E-state index is 12.8. The van der Waals surface area contributed by atoms with Gasteiger partial charge in [0.15, 0.2) is 0 Å². The maximum absolute atomic E-state index is 12.8. The second kappa shape index (κ2) is 6.83. The van der Waals surface area contributed by atoms with Gasteiger partial charge in [-0.15, -0.1) is 0 Å². The van der Waals surface area contributed by atoms with E-state index < -0.39 is 29.7 Å². The third kappa shape index (κ3) is 3.27. The highest BCUT2D eigenvalue weighted by Crippen LogP contribution is 2.37. The molecule has 2 aliphatic heterocycles. The van der Waals surface area contributed by atoms with E-state index >= 15 is 0 Å². The summed E-state index contributed by atoms with van der Waals surface area (Å²) < 4.78 is 38.5. The molecule has 1 unspecified atom stereocenters. The van der Waals surface area contributed by atoms with Crippen LogP contribution in [0.1, 0.15) is 22.7 Å². The number of carbonyl (C=O) groups is 2. The number of amides is 3. The van der Waals surface area contributed by atoms with Gasteiger partial charge in [0.1, 0.15) is 6.04 Å². The van der Waals surface area contributed by atoms with Gasteiger partial charge in [0.25, 0.3) is 5.91 Å². The quantitative estimate of drug-likeness (QED) is 0.595. The van der Waals surface area contributed by atoms with E-state index in [9.17, 15) is 22.8 Å². The summed E-state index contributed by atoms with van der Waals surface area (Å²) in [6.07, 6.45) is -1.02. The summed E-state index contributed by atoms with van der Waals surface area (Å²) in [7, 11) is 0. The summed E-state index contributed by atoms with van der Waals surface area (Å²) in [5.41, 5.74) is 2.94. The smallest absolute Gasteiger partial charge is 0.361 e. The number of nitrogens with one attached hydrogen (secondary N) is 2. The fraction of sp³-hybridized carbons (Fsp3) is 0.136. The molecule has 156 valence electrons. The average Bonchev–Trinajstić information content (AvgIpc) is 3.45. The van der Waals surface area contributed by atoms with Gasteiger partial charge >= 0.3 is 12.2 Å². The topological polar surface area (TPSA) is 77.6 Å². The van der Waals surface area contributed by atoms with Gasteiger partial charge < -0.3 is 4.98 Å². The SMILES string of the molecule is O=C1NC(=O)N(c2ccc3c(c2)N=CC3)C1c1ccc(-c2cc(C(F)(F)F)c[nH]2)cc1. The lowest BCUT2D eigenvalue weighted by atomic mass is 10.0. The number of carbonyl (C=O) groups excluding carboxylic acids is 2. The zero-order valence-corrected chi connectivity index (χ0v) is 15.9. The number of nitrogens with zero attached hydrogens (tertiary/aromatic N) is 2. The van der Waals surface area contributed by atoms with Gasteiger partial charge in [0.2, 0.25) is 0 Å². The first-order chi connectivity index (χ1) is 14.8. The molecule has 9 heteroatoms. The van der Waals surface area contributed by atoms with Crippen molar-refractivity contribution < 1.29 is 22.8 Å². The summed E-state index contributed by atoms with van der Waals surface area (Å²) in [6.45, 7) is 0. The standard InChI is InChI=1S/C22H15F3N4O2/c23-22(24,25)15-9-17(27-11-15)12-1-3-14(4-2-12)19-20(30)28-21(31)29(19)16-6-5-13-7-8-26-18(13)10-16/h1-6,8-11,19,27H,7H2,(H,28,30,31). The Labute approximate surface area is 174 Å². The number of hydrogen-bond acceptors (Lipinski definition) is 3. The molecular weight excluding hydrogens is 409 g/mol. The predicted octanol–water partition coefficient (Wildman–Crippen LogP) is 4.76. The fourth-order valence-corrected chi connectivity index (χ4v) is 3.84. The summed E-state index contributed by atoms with van der Waals surface area (Å²) >= 11 is 0.